The van der Waals surface area contributed by atoms with Gasteiger partial charge in [0.25, 0.3) is 0 Å². The topological polar surface area (TPSA) is 24.9 Å². The molecule has 4 heteroatoms. The molecule has 0 saturated carbocycles. The van der Waals surface area contributed by atoms with Crippen LogP contribution in [0.25, 0.3) is 0 Å². The van der Waals surface area contributed by atoms with Crippen LogP contribution in [-0.4, -0.2) is 4.98 Å². The maximum Gasteiger partial charge on any atom is 0.107 e. The molecule has 0 aliphatic rings. The van der Waals surface area contributed by atoms with Crippen molar-refractivity contribution in [3.05, 3.63) is 37.0 Å². The summed E-state index contributed by atoms with van der Waals surface area (Å²) in [5, 5.41) is 4.89. The zero-order chi connectivity index (χ0) is 14.9. The van der Waals surface area contributed by atoms with Crippen molar-refractivity contribution < 1.29 is 0 Å². The summed E-state index contributed by atoms with van der Waals surface area (Å²) in [5.41, 5.74) is 2.61. The minimum atomic E-state index is 0.407. The lowest BCUT2D eigenvalue weighted by Crippen LogP contribution is -2.25. The second-order valence-electron chi connectivity index (χ2n) is 5.72. The van der Waals surface area contributed by atoms with E-state index in [2.05, 4.69) is 57.9 Å². The molecule has 2 aromatic heterocycles. The van der Waals surface area contributed by atoms with Crippen LogP contribution in [0.3, 0.4) is 0 Å². The Morgan fingerprint density at radius 1 is 1.10 bits per heavy atom. The molecule has 0 aliphatic carbocycles. The number of aryl methyl sites for hydroxylation is 4. The van der Waals surface area contributed by atoms with Gasteiger partial charge in [-0.15, -0.1) is 22.7 Å². The quantitative estimate of drug-likeness (QED) is 0.847. The molecule has 0 fully saturated rings. The average Bonchev–Trinajstić information content (AvgIpc) is 2.83. The van der Waals surface area contributed by atoms with Crippen molar-refractivity contribution in [2.24, 2.45) is 5.92 Å². The highest BCUT2D eigenvalue weighted by molar-refractivity contribution is 7.12. The highest BCUT2D eigenvalue weighted by Gasteiger charge is 2.19. The minimum Gasteiger partial charge on any atom is -0.303 e. The second kappa shape index (κ2) is 6.37. The molecule has 0 unspecified atom stereocenters. The van der Waals surface area contributed by atoms with Crippen molar-refractivity contribution >= 4 is 22.7 Å². The summed E-state index contributed by atoms with van der Waals surface area (Å²) in [6.45, 7) is 14.1. The van der Waals surface area contributed by atoms with Gasteiger partial charge in [-0.05, 0) is 45.2 Å². The van der Waals surface area contributed by atoms with Crippen molar-refractivity contribution in [1.82, 2.24) is 10.3 Å². The van der Waals surface area contributed by atoms with E-state index in [9.17, 15) is 0 Å². The van der Waals surface area contributed by atoms with E-state index in [0.717, 1.165) is 12.2 Å². The molecule has 0 spiro atoms. The Balaban J connectivity index is 2.12. The van der Waals surface area contributed by atoms with Crippen molar-refractivity contribution in [3.8, 4) is 0 Å². The lowest BCUT2D eigenvalue weighted by molar-refractivity contribution is 0.410. The number of thiophene rings is 1. The lowest BCUT2D eigenvalue weighted by Gasteiger charge is -2.22. The van der Waals surface area contributed by atoms with E-state index in [4.69, 9.17) is 0 Å². The molecule has 1 atom stereocenters. The summed E-state index contributed by atoms with van der Waals surface area (Å²) in [6.07, 6.45) is 0. The maximum atomic E-state index is 4.62. The summed E-state index contributed by atoms with van der Waals surface area (Å²) >= 11 is 3.69. The molecule has 0 aromatic carbocycles. The normalized spacial score (nSPS) is 13.2. The van der Waals surface area contributed by atoms with Gasteiger partial charge in [-0.2, -0.15) is 0 Å². The Hall–Kier alpha value is -0.710. The molecular formula is C16H24N2S2. The number of hydrogen-bond donors (Lipinski definition) is 1. The Morgan fingerprint density at radius 2 is 1.80 bits per heavy atom. The SMILES string of the molecule is Cc1cc([C@@H](NCc2nc(C)c(C)s2)C(C)C)c(C)s1. The molecule has 0 amide bonds. The highest BCUT2D eigenvalue weighted by atomic mass is 32.1. The van der Waals surface area contributed by atoms with Gasteiger partial charge >= 0.3 is 0 Å². The van der Waals surface area contributed by atoms with Crippen molar-refractivity contribution in [1.29, 1.82) is 0 Å². The molecule has 2 nitrogen and oxygen atoms in total. The molecule has 0 bridgehead atoms. The van der Waals surface area contributed by atoms with Gasteiger partial charge in [-0.25, -0.2) is 4.98 Å². The van der Waals surface area contributed by atoms with E-state index in [0.29, 0.717) is 12.0 Å². The van der Waals surface area contributed by atoms with Crippen molar-refractivity contribution in [2.75, 3.05) is 0 Å². The van der Waals surface area contributed by atoms with Crippen LogP contribution in [0.15, 0.2) is 6.07 Å². The molecular weight excluding hydrogens is 284 g/mol. The van der Waals surface area contributed by atoms with Crippen molar-refractivity contribution in [3.63, 3.8) is 0 Å². The van der Waals surface area contributed by atoms with Gasteiger partial charge in [-0.3, -0.25) is 0 Å². The van der Waals surface area contributed by atoms with Crippen LogP contribution in [0.5, 0.6) is 0 Å². The monoisotopic (exact) mass is 308 g/mol. The van der Waals surface area contributed by atoms with Crippen LogP contribution in [0, 0.1) is 33.6 Å². The summed E-state index contributed by atoms with van der Waals surface area (Å²) in [7, 11) is 0. The van der Waals surface area contributed by atoms with Gasteiger partial charge < -0.3 is 5.32 Å². The first-order chi connectivity index (χ1) is 9.38. The van der Waals surface area contributed by atoms with E-state index in [1.54, 1.807) is 11.3 Å². The average molecular weight is 309 g/mol. The molecule has 0 saturated heterocycles. The van der Waals surface area contributed by atoms with Gasteiger partial charge in [-0.1, -0.05) is 13.8 Å². The third-order valence-electron chi connectivity index (χ3n) is 3.63. The molecule has 110 valence electrons. The van der Waals surface area contributed by atoms with E-state index >= 15 is 0 Å². The molecule has 2 aromatic rings. The number of thiazole rings is 1. The zero-order valence-corrected chi connectivity index (χ0v) is 14.8. The summed E-state index contributed by atoms with van der Waals surface area (Å²) in [4.78, 5) is 8.77. The largest absolute Gasteiger partial charge is 0.303 e. The fourth-order valence-electron chi connectivity index (χ4n) is 2.48. The van der Waals surface area contributed by atoms with E-state index in [-0.39, 0.29) is 0 Å². The number of nitrogens with one attached hydrogen (secondary N) is 1. The van der Waals surface area contributed by atoms with E-state index in [1.165, 1.54) is 25.2 Å². The lowest BCUT2D eigenvalue weighted by atomic mass is 9.96. The van der Waals surface area contributed by atoms with Crippen LogP contribution in [0.4, 0.5) is 0 Å². The molecule has 0 aliphatic heterocycles. The van der Waals surface area contributed by atoms with Crippen LogP contribution < -0.4 is 5.32 Å². The molecule has 2 rings (SSSR count). The molecule has 0 radical (unpaired) electrons. The third kappa shape index (κ3) is 3.48. The van der Waals surface area contributed by atoms with Gasteiger partial charge in [0.15, 0.2) is 0 Å². The van der Waals surface area contributed by atoms with Gasteiger partial charge in [0.05, 0.1) is 5.69 Å². The predicted molar refractivity (Wildman–Crippen MR) is 89.8 cm³/mol. The van der Waals surface area contributed by atoms with Crippen LogP contribution in [0.1, 0.15) is 50.8 Å². The first kappa shape index (κ1) is 15.7. The number of nitrogens with zero attached hydrogens (tertiary/aromatic N) is 1. The number of hydrogen-bond acceptors (Lipinski definition) is 4. The first-order valence-electron chi connectivity index (χ1n) is 7.11. The summed E-state index contributed by atoms with van der Waals surface area (Å²) in [6, 6.07) is 2.74. The Bertz CT molecular complexity index is 562. The fourth-order valence-corrected chi connectivity index (χ4v) is 4.33. The second-order valence-corrected chi connectivity index (χ2v) is 8.47. The smallest absolute Gasteiger partial charge is 0.107 e. The van der Waals surface area contributed by atoms with Crippen LogP contribution >= 0.6 is 22.7 Å². The highest BCUT2D eigenvalue weighted by Crippen LogP contribution is 2.31. The fraction of sp³-hybridized carbons (Fsp3) is 0.562. The van der Waals surface area contributed by atoms with Crippen LogP contribution in [0.2, 0.25) is 0 Å². The summed E-state index contributed by atoms with van der Waals surface area (Å²) < 4.78 is 0. The van der Waals surface area contributed by atoms with E-state index < -0.39 is 0 Å². The predicted octanol–water partition coefficient (Wildman–Crippen LogP) is 4.93. The minimum absolute atomic E-state index is 0.407. The van der Waals surface area contributed by atoms with Gasteiger partial charge in [0.1, 0.15) is 5.01 Å². The Morgan fingerprint density at radius 3 is 2.25 bits per heavy atom. The number of rotatable bonds is 5. The van der Waals surface area contributed by atoms with Crippen LogP contribution in [-0.2, 0) is 6.54 Å². The standard InChI is InChI=1S/C16H24N2S2/c1-9(2)16(14-7-10(3)19-13(14)6)17-8-15-18-11(4)12(5)20-15/h7,9,16-17H,8H2,1-6H3/t16-/m0/s1. The zero-order valence-electron chi connectivity index (χ0n) is 13.2. The van der Waals surface area contributed by atoms with Crippen molar-refractivity contribution in [2.45, 2.75) is 54.1 Å². The van der Waals surface area contributed by atoms with Gasteiger partial charge in [0.2, 0.25) is 0 Å². The summed E-state index contributed by atoms with van der Waals surface area (Å²) in [5.74, 6) is 0.574. The first-order valence-corrected chi connectivity index (χ1v) is 8.75. The maximum absolute atomic E-state index is 4.62. The van der Waals surface area contributed by atoms with E-state index in [1.807, 2.05) is 11.3 Å². The Labute approximate surface area is 130 Å². The number of aromatic nitrogens is 1. The molecule has 2 heterocycles. The molecule has 20 heavy (non-hydrogen) atoms. The van der Waals surface area contributed by atoms with Gasteiger partial charge in [0, 0.05) is 27.2 Å². The molecule has 1 N–H and O–H groups in total. The third-order valence-corrected chi connectivity index (χ3v) is 5.68. The Kier molecular flexibility index (Phi) is 4.99.